The summed E-state index contributed by atoms with van der Waals surface area (Å²) in [4.78, 5) is 27.4. The van der Waals surface area contributed by atoms with E-state index in [1.807, 2.05) is 0 Å². The summed E-state index contributed by atoms with van der Waals surface area (Å²) < 4.78 is 4.89. The van der Waals surface area contributed by atoms with Gasteiger partial charge in [0.15, 0.2) is 0 Å². The van der Waals surface area contributed by atoms with Crippen LogP contribution in [0.5, 0.6) is 0 Å². The Balaban J connectivity index is 1.84. The topological polar surface area (TPSA) is 112 Å². The number of esters is 1. The van der Waals surface area contributed by atoms with Crippen molar-refractivity contribution in [2.75, 3.05) is 17.7 Å². The zero-order chi connectivity index (χ0) is 17.5. The summed E-state index contributed by atoms with van der Waals surface area (Å²) in [6, 6.07) is 6.40. The summed E-state index contributed by atoms with van der Waals surface area (Å²) in [5.41, 5.74) is 0.983. The molecule has 3 N–H and O–H groups in total. The van der Waals surface area contributed by atoms with Crippen LogP contribution in [-0.4, -0.2) is 40.2 Å². The molecule has 1 heterocycles. The number of rotatable bonds is 5. The van der Waals surface area contributed by atoms with Gasteiger partial charge in [0.05, 0.1) is 29.4 Å². The SMILES string of the molecule is CCOC(=O)c1ccc(NC(=O)CSC2=NC(=N)C=C(O)C2)cc1. The van der Waals surface area contributed by atoms with Crippen molar-refractivity contribution in [3.63, 3.8) is 0 Å². The average Bonchev–Trinajstić information content (AvgIpc) is 2.53. The molecule has 0 unspecified atom stereocenters. The van der Waals surface area contributed by atoms with E-state index in [1.54, 1.807) is 31.2 Å². The predicted octanol–water partition coefficient (Wildman–Crippen LogP) is 2.76. The molecular weight excluding hydrogens is 330 g/mol. The molecule has 1 aromatic rings. The van der Waals surface area contributed by atoms with Gasteiger partial charge in [-0.1, -0.05) is 0 Å². The Morgan fingerprint density at radius 3 is 2.71 bits per heavy atom. The molecule has 0 aliphatic carbocycles. The van der Waals surface area contributed by atoms with Crippen LogP contribution in [0.4, 0.5) is 5.69 Å². The maximum Gasteiger partial charge on any atom is 0.338 e. The van der Waals surface area contributed by atoms with Gasteiger partial charge in [0.2, 0.25) is 5.91 Å². The van der Waals surface area contributed by atoms with Crippen molar-refractivity contribution < 1.29 is 19.4 Å². The van der Waals surface area contributed by atoms with Crippen molar-refractivity contribution in [3.8, 4) is 0 Å². The second-order valence-corrected chi connectivity index (χ2v) is 5.89. The van der Waals surface area contributed by atoms with E-state index in [1.165, 1.54) is 17.8 Å². The number of aliphatic imine (C=N–C) groups is 1. The maximum atomic E-state index is 11.9. The molecule has 7 nitrogen and oxygen atoms in total. The molecule has 24 heavy (non-hydrogen) atoms. The van der Waals surface area contributed by atoms with Crippen molar-refractivity contribution in [3.05, 3.63) is 41.7 Å². The largest absolute Gasteiger partial charge is 0.512 e. The van der Waals surface area contributed by atoms with Crippen LogP contribution >= 0.6 is 11.8 Å². The number of amides is 1. The van der Waals surface area contributed by atoms with Crippen LogP contribution < -0.4 is 5.32 Å². The fraction of sp³-hybridized carbons (Fsp3) is 0.250. The molecule has 0 spiro atoms. The molecule has 1 aromatic carbocycles. The smallest absolute Gasteiger partial charge is 0.338 e. The lowest BCUT2D eigenvalue weighted by molar-refractivity contribution is -0.113. The molecule has 1 aliphatic heterocycles. The Hall–Kier alpha value is -2.61. The Morgan fingerprint density at radius 1 is 1.38 bits per heavy atom. The molecule has 0 saturated carbocycles. The quantitative estimate of drug-likeness (QED) is 0.709. The van der Waals surface area contributed by atoms with Crippen molar-refractivity contribution in [2.24, 2.45) is 4.99 Å². The van der Waals surface area contributed by atoms with Gasteiger partial charge in [0.25, 0.3) is 0 Å². The lowest BCUT2D eigenvalue weighted by atomic mass is 10.2. The number of nitrogens with one attached hydrogen (secondary N) is 2. The minimum Gasteiger partial charge on any atom is -0.512 e. The number of thioether (sulfide) groups is 1. The standard InChI is InChI=1S/C16H17N3O4S/c1-2-23-16(22)10-3-5-11(6-4-10)18-14(21)9-24-15-8-12(20)7-13(17)19-15/h3-7,17,20H,2,8-9H2,1H3,(H,18,21). The Morgan fingerprint density at radius 2 is 2.08 bits per heavy atom. The van der Waals surface area contributed by atoms with Crippen LogP contribution in [0.3, 0.4) is 0 Å². The number of benzene rings is 1. The molecule has 0 aromatic heterocycles. The number of carbonyl (C=O) groups excluding carboxylic acids is 2. The number of aliphatic hydroxyl groups is 1. The number of amidine groups is 1. The first kappa shape index (κ1) is 17.7. The lowest BCUT2D eigenvalue weighted by Gasteiger charge is -2.10. The molecule has 0 radical (unpaired) electrons. The zero-order valence-corrected chi connectivity index (χ0v) is 13.9. The minimum absolute atomic E-state index is 0.0313. The third-order valence-corrected chi connectivity index (χ3v) is 3.91. The van der Waals surface area contributed by atoms with E-state index < -0.39 is 5.97 Å². The highest BCUT2D eigenvalue weighted by atomic mass is 32.2. The first-order valence-electron chi connectivity index (χ1n) is 7.23. The van der Waals surface area contributed by atoms with Gasteiger partial charge in [0, 0.05) is 11.8 Å². The van der Waals surface area contributed by atoms with Crippen molar-refractivity contribution in [1.82, 2.24) is 0 Å². The highest BCUT2D eigenvalue weighted by Gasteiger charge is 2.13. The average molecular weight is 347 g/mol. The zero-order valence-electron chi connectivity index (χ0n) is 13.0. The van der Waals surface area contributed by atoms with Crippen LogP contribution in [-0.2, 0) is 9.53 Å². The van der Waals surface area contributed by atoms with E-state index in [0.29, 0.717) is 22.9 Å². The van der Waals surface area contributed by atoms with Gasteiger partial charge in [-0.3, -0.25) is 10.2 Å². The second-order valence-electron chi connectivity index (χ2n) is 4.84. The van der Waals surface area contributed by atoms with Crippen LogP contribution in [0.15, 0.2) is 41.1 Å². The van der Waals surface area contributed by atoms with E-state index in [-0.39, 0.29) is 29.7 Å². The van der Waals surface area contributed by atoms with E-state index in [4.69, 9.17) is 10.1 Å². The molecular formula is C16H17N3O4S. The molecule has 0 saturated heterocycles. The van der Waals surface area contributed by atoms with Gasteiger partial charge < -0.3 is 15.2 Å². The third kappa shape index (κ3) is 5.24. The second kappa shape index (κ2) is 8.30. The normalized spacial score (nSPS) is 13.8. The molecule has 0 atom stereocenters. The fourth-order valence-corrected chi connectivity index (χ4v) is 2.69. The lowest BCUT2D eigenvalue weighted by Crippen LogP contribution is -2.16. The number of allylic oxidation sites excluding steroid dienone is 1. The van der Waals surface area contributed by atoms with Gasteiger partial charge in [-0.2, -0.15) is 0 Å². The summed E-state index contributed by atoms with van der Waals surface area (Å²) in [5, 5.41) is 20.1. The molecule has 2 rings (SSSR count). The number of carbonyl (C=O) groups is 2. The highest BCUT2D eigenvalue weighted by Crippen LogP contribution is 2.17. The Bertz CT molecular complexity index is 711. The summed E-state index contributed by atoms with van der Waals surface area (Å²) in [5.74, 6) is -0.508. The van der Waals surface area contributed by atoms with Crippen LogP contribution in [0, 0.1) is 5.41 Å². The first-order chi connectivity index (χ1) is 11.5. The summed E-state index contributed by atoms with van der Waals surface area (Å²) >= 11 is 1.17. The predicted molar refractivity (Wildman–Crippen MR) is 94.0 cm³/mol. The van der Waals surface area contributed by atoms with Gasteiger partial charge in [-0.25, -0.2) is 9.79 Å². The summed E-state index contributed by atoms with van der Waals surface area (Å²) in [6.07, 6.45) is 1.50. The van der Waals surface area contributed by atoms with E-state index in [9.17, 15) is 14.7 Å². The third-order valence-electron chi connectivity index (χ3n) is 2.93. The van der Waals surface area contributed by atoms with E-state index in [2.05, 4.69) is 10.3 Å². The number of aliphatic hydroxyl groups excluding tert-OH is 1. The molecule has 0 bridgehead atoms. The molecule has 126 valence electrons. The molecule has 0 fully saturated rings. The number of ether oxygens (including phenoxy) is 1. The highest BCUT2D eigenvalue weighted by molar-refractivity contribution is 8.14. The maximum absolute atomic E-state index is 11.9. The number of nitrogens with zero attached hydrogens (tertiary/aromatic N) is 1. The number of hydrogen-bond donors (Lipinski definition) is 3. The number of dihydropyridines is 1. The monoisotopic (exact) mass is 347 g/mol. The first-order valence-corrected chi connectivity index (χ1v) is 8.22. The van der Waals surface area contributed by atoms with Gasteiger partial charge >= 0.3 is 5.97 Å². The van der Waals surface area contributed by atoms with Crippen molar-refractivity contribution in [1.29, 1.82) is 5.41 Å². The number of hydrogen-bond acceptors (Lipinski definition) is 6. The molecule has 8 heteroatoms. The van der Waals surface area contributed by atoms with E-state index >= 15 is 0 Å². The fourth-order valence-electron chi connectivity index (χ4n) is 1.90. The van der Waals surface area contributed by atoms with E-state index in [0.717, 1.165) is 0 Å². The van der Waals surface area contributed by atoms with Gasteiger partial charge in [-0.05, 0) is 31.2 Å². The van der Waals surface area contributed by atoms with Gasteiger partial charge in [-0.15, -0.1) is 11.8 Å². The molecule has 1 amide bonds. The summed E-state index contributed by atoms with van der Waals surface area (Å²) in [6.45, 7) is 2.04. The van der Waals surface area contributed by atoms with Crippen molar-refractivity contribution in [2.45, 2.75) is 13.3 Å². The summed E-state index contributed by atoms with van der Waals surface area (Å²) in [7, 11) is 0. The van der Waals surface area contributed by atoms with Crippen molar-refractivity contribution >= 4 is 40.2 Å². The Labute approximate surface area is 143 Å². The molecule has 1 aliphatic rings. The van der Waals surface area contributed by atoms with Gasteiger partial charge in [0.1, 0.15) is 11.6 Å². The van der Waals surface area contributed by atoms with Crippen LogP contribution in [0.2, 0.25) is 0 Å². The van der Waals surface area contributed by atoms with Crippen LogP contribution in [0.25, 0.3) is 0 Å². The minimum atomic E-state index is -0.406. The van der Waals surface area contributed by atoms with Crippen LogP contribution in [0.1, 0.15) is 23.7 Å². The Kier molecular flexibility index (Phi) is 6.14. The number of anilines is 1.